The van der Waals surface area contributed by atoms with Crippen LogP contribution in [0.25, 0.3) is 16.6 Å². The number of fused-ring (bicyclic) bond motifs is 1. The summed E-state index contributed by atoms with van der Waals surface area (Å²) in [6.45, 7) is 3.96. The lowest BCUT2D eigenvalue weighted by molar-refractivity contribution is 0.476. The molecule has 0 saturated carbocycles. The molecule has 0 atom stereocenters. The van der Waals surface area contributed by atoms with Crippen molar-refractivity contribution >= 4 is 10.9 Å². The minimum absolute atomic E-state index is 0.0672. The van der Waals surface area contributed by atoms with E-state index in [0.717, 1.165) is 5.69 Å². The van der Waals surface area contributed by atoms with Gasteiger partial charge in [0.2, 0.25) is 0 Å². The molecule has 0 spiro atoms. The van der Waals surface area contributed by atoms with Crippen LogP contribution in [-0.2, 0) is 0 Å². The number of aromatic hydroxyl groups is 1. The molecule has 1 N–H and O–H groups in total. The van der Waals surface area contributed by atoms with E-state index in [1.165, 1.54) is 12.1 Å². The highest BCUT2D eigenvalue weighted by molar-refractivity contribution is 5.79. The van der Waals surface area contributed by atoms with E-state index in [2.05, 4.69) is 9.97 Å². The van der Waals surface area contributed by atoms with Crippen molar-refractivity contribution in [3.8, 4) is 11.4 Å². The molecule has 0 bridgehead atoms. The Kier molecular flexibility index (Phi) is 3.17. The molecule has 1 aromatic carbocycles. The van der Waals surface area contributed by atoms with Crippen LogP contribution in [-0.4, -0.2) is 19.6 Å². The maximum Gasteiger partial charge on any atom is 0.265 e. The summed E-state index contributed by atoms with van der Waals surface area (Å²) < 4.78 is 1.60. The molecule has 0 aliphatic heterocycles. The van der Waals surface area contributed by atoms with Gasteiger partial charge in [-0.3, -0.25) is 14.3 Å². The summed E-state index contributed by atoms with van der Waals surface area (Å²) in [5, 5.41) is 10.1. The van der Waals surface area contributed by atoms with Gasteiger partial charge < -0.3 is 5.11 Å². The van der Waals surface area contributed by atoms with Gasteiger partial charge in [0.15, 0.2) is 0 Å². The molecule has 0 amide bonds. The van der Waals surface area contributed by atoms with Crippen molar-refractivity contribution < 1.29 is 5.11 Å². The molecule has 2 aromatic heterocycles. The molecular weight excluding hydrogens is 266 g/mol. The molecular formula is C16H15N3O2. The van der Waals surface area contributed by atoms with Crippen LogP contribution in [0.2, 0.25) is 0 Å². The maximum absolute atomic E-state index is 12.8. The van der Waals surface area contributed by atoms with Gasteiger partial charge in [-0.1, -0.05) is 13.8 Å². The van der Waals surface area contributed by atoms with E-state index in [-0.39, 0.29) is 17.2 Å². The molecule has 0 fully saturated rings. The second-order valence-corrected chi connectivity index (χ2v) is 5.17. The van der Waals surface area contributed by atoms with Gasteiger partial charge in [-0.15, -0.1) is 0 Å². The predicted molar refractivity (Wildman–Crippen MR) is 80.9 cm³/mol. The Balaban J connectivity index is 2.42. The highest BCUT2D eigenvalue weighted by atomic mass is 16.3. The van der Waals surface area contributed by atoms with Crippen molar-refractivity contribution in [2.24, 2.45) is 0 Å². The Labute approximate surface area is 121 Å². The third-order valence-corrected chi connectivity index (χ3v) is 3.32. The van der Waals surface area contributed by atoms with Crippen LogP contribution >= 0.6 is 0 Å². The zero-order valence-electron chi connectivity index (χ0n) is 11.8. The normalized spacial score (nSPS) is 11.2. The minimum atomic E-state index is -0.144. The molecule has 0 unspecified atom stereocenters. The highest BCUT2D eigenvalue weighted by Gasteiger charge is 2.15. The Morgan fingerprint density at radius 3 is 2.52 bits per heavy atom. The number of hydrogen-bond acceptors (Lipinski definition) is 4. The Bertz CT molecular complexity index is 855. The predicted octanol–water partition coefficient (Wildman–Crippen LogP) is 2.61. The summed E-state index contributed by atoms with van der Waals surface area (Å²) in [6, 6.07) is 8.17. The zero-order valence-corrected chi connectivity index (χ0v) is 11.8. The number of benzene rings is 1. The first-order valence-electron chi connectivity index (χ1n) is 6.74. The molecule has 21 heavy (non-hydrogen) atoms. The lowest BCUT2D eigenvalue weighted by Crippen LogP contribution is -2.24. The zero-order chi connectivity index (χ0) is 15.0. The van der Waals surface area contributed by atoms with Gasteiger partial charge in [0.1, 0.15) is 11.6 Å². The molecule has 3 aromatic rings. The molecule has 0 aliphatic rings. The summed E-state index contributed by atoms with van der Waals surface area (Å²) in [4.78, 5) is 21.3. The first-order valence-corrected chi connectivity index (χ1v) is 6.74. The van der Waals surface area contributed by atoms with Gasteiger partial charge in [0.05, 0.1) is 16.6 Å². The standard InChI is InChI=1S/C16H15N3O2/c1-10(2)15-18-14-9-12(20)3-4-13(14)16(21)19(15)11-5-7-17-8-6-11/h3-10,20H,1-2H3. The fraction of sp³-hybridized carbons (Fsp3) is 0.188. The Morgan fingerprint density at radius 2 is 1.86 bits per heavy atom. The van der Waals surface area contributed by atoms with Gasteiger partial charge in [-0.2, -0.15) is 0 Å². The molecule has 0 saturated heterocycles. The van der Waals surface area contributed by atoms with E-state index in [0.29, 0.717) is 16.7 Å². The van der Waals surface area contributed by atoms with E-state index >= 15 is 0 Å². The van der Waals surface area contributed by atoms with E-state index in [1.807, 2.05) is 13.8 Å². The molecule has 3 rings (SSSR count). The summed E-state index contributed by atoms with van der Waals surface area (Å²) in [5.41, 5.74) is 1.10. The average molecular weight is 281 g/mol. The third kappa shape index (κ3) is 2.27. The number of aromatic nitrogens is 3. The van der Waals surface area contributed by atoms with Crippen LogP contribution in [0.3, 0.4) is 0 Å². The molecule has 106 valence electrons. The van der Waals surface area contributed by atoms with Crippen LogP contribution in [0.1, 0.15) is 25.6 Å². The van der Waals surface area contributed by atoms with Gasteiger partial charge in [-0.05, 0) is 24.3 Å². The number of rotatable bonds is 2. The number of nitrogens with zero attached hydrogens (tertiary/aromatic N) is 3. The van der Waals surface area contributed by atoms with Crippen molar-refractivity contribution in [1.82, 2.24) is 14.5 Å². The molecule has 5 heteroatoms. The van der Waals surface area contributed by atoms with Crippen LogP contribution in [0, 0.1) is 0 Å². The second kappa shape index (κ2) is 5.01. The van der Waals surface area contributed by atoms with Gasteiger partial charge in [0, 0.05) is 24.4 Å². The fourth-order valence-corrected chi connectivity index (χ4v) is 2.32. The van der Waals surface area contributed by atoms with E-state index in [1.54, 1.807) is 35.2 Å². The highest BCUT2D eigenvalue weighted by Crippen LogP contribution is 2.21. The summed E-state index contributed by atoms with van der Waals surface area (Å²) in [7, 11) is 0. The smallest absolute Gasteiger partial charge is 0.265 e. The topological polar surface area (TPSA) is 68.0 Å². The maximum atomic E-state index is 12.8. The third-order valence-electron chi connectivity index (χ3n) is 3.32. The second-order valence-electron chi connectivity index (χ2n) is 5.17. The Hall–Kier alpha value is -2.69. The number of phenolic OH excluding ortho intramolecular Hbond substituents is 1. The first kappa shape index (κ1) is 13.3. The van der Waals surface area contributed by atoms with E-state index < -0.39 is 0 Å². The van der Waals surface area contributed by atoms with Crippen molar-refractivity contribution in [2.45, 2.75) is 19.8 Å². The Morgan fingerprint density at radius 1 is 1.14 bits per heavy atom. The minimum Gasteiger partial charge on any atom is -0.508 e. The molecule has 0 aliphatic carbocycles. The van der Waals surface area contributed by atoms with Crippen molar-refractivity contribution in [3.63, 3.8) is 0 Å². The van der Waals surface area contributed by atoms with Gasteiger partial charge in [-0.25, -0.2) is 4.98 Å². The van der Waals surface area contributed by atoms with Crippen LogP contribution < -0.4 is 5.56 Å². The number of phenols is 1. The molecule has 2 heterocycles. The molecule has 0 radical (unpaired) electrons. The van der Waals surface area contributed by atoms with Crippen LogP contribution in [0.4, 0.5) is 0 Å². The van der Waals surface area contributed by atoms with E-state index in [4.69, 9.17) is 0 Å². The van der Waals surface area contributed by atoms with Crippen molar-refractivity contribution in [3.05, 3.63) is 58.9 Å². The van der Waals surface area contributed by atoms with Gasteiger partial charge >= 0.3 is 0 Å². The van der Waals surface area contributed by atoms with Crippen LogP contribution in [0.5, 0.6) is 5.75 Å². The summed E-state index contributed by atoms with van der Waals surface area (Å²) >= 11 is 0. The quantitative estimate of drug-likeness (QED) is 0.784. The number of hydrogen-bond donors (Lipinski definition) is 1. The molecule has 5 nitrogen and oxygen atoms in total. The van der Waals surface area contributed by atoms with Gasteiger partial charge in [0.25, 0.3) is 5.56 Å². The fourth-order valence-electron chi connectivity index (χ4n) is 2.32. The summed E-state index contributed by atoms with van der Waals surface area (Å²) in [5.74, 6) is 0.827. The monoisotopic (exact) mass is 281 g/mol. The first-order chi connectivity index (χ1) is 10.1. The number of pyridine rings is 1. The van der Waals surface area contributed by atoms with E-state index in [9.17, 15) is 9.90 Å². The van der Waals surface area contributed by atoms with Crippen molar-refractivity contribution in [2.75, 3.05) is 0 Å². The lowest BCUT2D eigenvalue weighted by atomic mass is 10.1. The largest absolute Gasteiger partial charge is 0.508 e. The lowest BCUT2D eigenvalue weighted by Gasteiger charge is -2.15. The van der Waals surface area contributed by atoms with Crippen molar-refractivity contribution in [1.29, 1.82) is 0 Å². The van der Waals surface area contributed by atoms with Crippen LogP contribution in [0.15, 0.2) is 47.5 Å². The average Bonchev–Trinajstić information content (AvgIpc) is 2.47. The summed E-state index contributed by atoms with van der Waals surface area (Å²) in [6.07, 6.45) is 3.29. The SMILES string of the molecule is CC(C)c1nc2cc(O)ccc2c(=O)n1-c1ccncc1.